The van der Waals surface area contributed by atoms with Gasteiger partial charge in [-0.05, 0) is 85.0 Å². The molecular weight excluding hydrogens is 588 g/mol. The first kappa shape index (κ1) is 26.3. The smallest absolute Gasteiger partial charge is 0.250 e. The zero-order chi connectivity index (χ0) is 26.8. The third kappa shape index (κ3) is 6.04. The Kier molecular flexibility index (Phi) is 7.74. The van der Waals surface area contributed by atoms with Gasteiger partial charge >= 0.3 is 0 Å². The first-order chi connectivity index (χ1) is 18.2. The molecule has 0 spiro atoms. The molecule has 0 bridgehead atoms. The number of nitrogens with zero attached hydrogens (tertiary/aromatic N) is 1. The van der Waals surface area contributed by atoms with Crippen molar-refractivity contribution in [1.82, 2.24) is 10.3 Å². The fourth-order valence-electron chi connectivity index (χ4n) is 3.51. The van der Waals surface area contributed by atoms with Crippen molar-refractivity contribution < 1.29 is 13.6 Å². The van der Waals surface area contributed by atoms with Crippen molar-refractivity contribution in [3.63, 3.8) is 0 Å². The highest BCUT2D eigenvalue weighted by molar-refractivity contribution is 7.80. The lowest BCUT2D eigenvalue weighted by atomic mass is 10.2. The molecule has 1 amide bonds. The number of furan rings is 1. The van der Waals surface area contributed by atoms with Crippen molar-refractivity contribution in [1.29, 1.82) is 0 Å². The Hall–Kier alpha value is -3.33. The number of carbonyl (C=O) groups is 1. The summed E-state index contributed by atoms with van der Waals surface area (Å²) in [5, 5.41) is 7.50. The van der Waals surface area contributed by atoms with Crippen LogP contribution < -0.4 is 10.6 Å². The molecule has 0 aliphatic heterocycles. The number of oxazole rings is 1. The van der Waals surface area contributed by atoms with Crippen molar-refractivity contribution in [3.05, 3.63) is 98.7 Å². The normalized spacial score (nSPS) is 11.3. The van der Waals surface area contributed by atoms with E-state index in [1.54, 1.807) is 66.7 Å². The van der Waals surface area contributed by atoms with Crippen LogP contribution in [0.2, 0.25) is 20.1 Å². The summed E-state index contributed by atoms with van der Waals surface area (Å²) >= 11 is 29.5. The number of rotatable bonds is 5. The minimum Gasteiger partial charge on any atom is -0.457 e. The zero-order valence-corrected chi connectivity index (χ0v) is 22.9. The largest absolute Gasteiger partial charge is 0.457 e. The molecule has 2 N–H and O–H groups in total. The molecule has 0 saturated heterocycles. The van der Waals surface area contributed by atoms with Gasteiger partial charge in [0, 0.05) is 27.9 Å². The Bertz CT molecular complexity index is 1730. The molecule has 0 radical (unpaired) electrons. The van der Waals surface area contributed by atoms with Gasteiger partial charge in [-0.1, -0.05) is 46.4 Å². The Labute approximate surface area is 242 Å². The Morgan fingerprint density at radius 3 is 2.50 bits per heavy atom. The van der Waals surface area contributed by atoms with Crippen LogP contribution in [0.3, 0.4) is 0 Å². The van der Waals surface area contributed by atoms with E-state index in [-0.39, 0.29) is 5.11 Å². The summed E-state index contributed by atoms with van der Waals surface area (Å²) in [4.78, 5) is 16.9. The summed E-state index contributed by atoms with van der Waals surface area (Å²) in [6.07, 6.45) is 2.84. The fraction of sp³-hybridized carbons (Fsp3) is 0. The second-order valence-electron chi connectivity index (χ2n) is 7.93. The highest BCUT2D eigenvalue weighted by atomic mass is 35.5. The first-order valence-electron chi connectivity index (χ1n) is 11.0. The van der Waals surface area contributed by atoms with Crippen molar-refractivity contribution in [2.45, 2.75) is 0 Å². The molecule has 0 fully saturated rings. The van der Waals surface area contributed by atoms with Crippen molar-refractivity contribution in [2.24, 2.45) is 0 Å². The summed E-state index contributed by atoms with van der Waals surface area (Å²) in [6, 6.07) is 19.0. The molecular formula is C27H15Cl4N3O3S. The molecule has 0 aliphatic rings. The van der Waals surface area contributed by atoms with E-state index in [0.29, 0.717) is 65.4 Å². The van der Waals surface area contributed by atoms with Crippen molar-refractivity contribution in [2.75, 3.05) is 5.32 Å². The second kappa shape index (κ2) is 11.2. The van der Waals surface area contributed by atoms with Crippen LogP contribution in [0.1, 0.15) is 5.76 Å². The number of halogens is 4. The summed E-state index contributed by atoms with van der Waals surface area (Å²) in [6.45, 7) is 0. The minimum absolute atomic E-state index is 0.111. The van der Waals surface area contributed by atoms with Gasteiger partial charge < -0.3 is 14.2 Å². The van der Waals surface area contributed by atoms with Crippen LogP contribution in [0, 0.1) is 0 Å². The fourth-order valence-corrected chi connectivity index (χ4v) is 4.53. The molecule has 11 heteroatoms. The van der Waals surface area contributed by atoms with E-state index in [9.17, 15) is 4.79 Å². The van der Waals surface area contributed by atoms with Crippen molar-refractivity contribution >= 4 is 92.5 Å². The Balaban J connectivity index is 1.21. The summed E-state index contributed by atoms with van der Waals surface area (Å²) in [7, 11) is 0. The Morgan fingerprint density at radius 1 is 0.868 bits per heavy atom. The number of hydrogen-bond donors (Lipinski definition) is 2. The average Bonchev–Trinajstić information content (AvgIpc) is 3.51. The number of nitrogens with one attached hydrogen (secondary N) is 2. The van der Waals surface area contributed by atoms with Crippen LogP contribution in [-0.2, 0) is 4.79 Å². The SMILES string of the molecule is O=C(/C=C/c1ccc(-c2ccc(Cl)cc2Cl)o1)NC(=S)Nc1ccc2oc(-c3ccc(Cl)c(Cl)c3)nc2c1. The maximum absolute atomic E-state index is 12.4. The van der Waals surface area contributed by atoms with E-state index in [2.05, 4.69) is 15.6 Å². The standard InChI is InChI=1S/C27H15Cl4N3O3S/c28-15-2-6-18(20(30)12-15)23-9-4-17(36-23)5-10-25(35)34-27(38)32-16-3-8-24-22(13-16)33-26(37-24)14-1-7-19(29)21(31)11-14/h1-13H,(H2,32,34,35,38)/b10-5+. The number of amides is 1. The van der Waals surface area contributed by atoms with Gasteiger partial charge in [0.1, 0.15) is 17.0 Å². The van der Waals surface area contributed by atoms with Gasteiger partial charge in [0.05, 0.1) is 15.1 Å². The van der Waals surface area contributed by atoms with E-state index in [4.69, 9.17) is 67.5 Å². The molecule has 2 aromatic heterocycles. The third-order valence-electron chi connectivity index (χ3n) is 5.27. The maximum Gasteiger partial charge on any atom is 0.250 e. The number of benzene rings is 3. The summed E-state index contributed by atoms with van der Waals surface area (Å²) in [5.74, 6) is 0.981. The lowest BCUT2D eigenvalue weighted by Gasteiger charge is -2.07. The molecule has 3 aromatic carbocycles. The van der Waals surface area contributed by atoms with E-state index < -0.39 is 5.91 Å². The molecule has 5 aromatic rings. The molecule has 0 atom stereocenters. The van der Waals surface area contributed by atoms with Crippen molar-refractivity contribution in [3.8, 4) is 22.8 Å². The highest BCUT2D eigenvalue weighted by Crippen LogP contribution is 2.32. The van der Waals surface area contributed by atoms with Gasteiger partial charge in [0.2, 0.25) is 11.8 Å². The average molecular weight is 603 g/mol. The van der Waals surface area contributed by atoms with E-state index >= 15 is 0 Å². The third-order valence-corrected chi connectivity index (χ3v) is 6.76. The number of thiocarbonyl (C=S) groups is 1. The topological polar surface area (TPSA) is 80.3 Å². The number of anilines is 1. The van der Waals surface area contributed by atoms with Crippen LogP contribution in [0.25, 0.3) is 40.0 Å². The predicted octanol–water partition coefficient (Wildman–Crippen LogP) is 8.89. The predicted molar refractivity (Wildman–Crippen MR) is 157 cm³/mol. The molecule has 6 nitrogen and oxygen atoms in total. The second-order valence-corrected chi connectivity index (χ2v) is 10.00. The first-order valence-corrected chi connectivity index (χ1v) is 12.9. The molecule has 0 unspecified atom stereocenters. The quantitative estimate of drug-likeness (QED) is 0.154. The Morgan fingerprint density at radius 2 is 1.71 bits per heavy atom. The molecule has 2 heterocycles. The van der Waals surface area contributed by atoms with Crippen LogP contribution in [-0.4, -0.2) is 16.0 Å². The van der Waals surface area contributed by atoms with Crippen LogP contribution in [0.15, 0.2) is 81.6 Å². The molecule has 5 rings (SSSR count). The number of carbonyl (C=O) groups excluding carboxylic acids is 1. The van der Waals surface area contributed by atoms with Gasteiger partial charge in [0.15, 0.2) is 10.7 Å². The van der Waals surface area contributed by atoms with E-state index in [0.717, 1.165) is 0 Å². The highest BCUT2D eigenvalue weighted by Gasteiger charge is 2.12. The molecule has 0 aliphatic carbocycles. The maximum atomic E-state index is 12.4. The van der Waals surface area contributed by atoms with Gasteiger partial charge in [-0.3, -0.25) is 10.1 Å². The van der Waals surface area contributed by atoms with Gasteiger partial charge in [0.25, 0.3) is 0 Å². The minimum atomic E-state index is -0.436. The van der Waals surface area contributed by atoms with Crippen LogP contribution in [0.4, 0.5) is 5.69 Å². The van der Waals surface area contributed by atoms with Gasteiger partial charge in [-0.15, -0.1) is 0 Å². The van der Waals surface area contributed by atoms with E-state index in [1.165, 1.54) is 12.2 Å². The summed E-state index contributed by atoms with van der Waals surface area (Å²) < 4.78 is 11.6. The van der Waals surface area contributed by atoms with Crippen LogP contribution in [0.5, 0.6) is 0 Å². The number of fused-ring (bicyclic) bond motifs is 1. The van der Waals surface area contributed by atoms with E-state index in [1.807, 2.05) is 0 Å². The zero-order valence-electron chi connectivity index (χ0n) is 19.1. The number of aromatic nitrogens is 1. The molecule has 0 saturated carbocycles. The lowest BCUT2D eigenvalue weighted by Crippen LogP contribution is -2.32. The van der Waals surface area contributed by atoms with Crippen LogP contribution >= 0.6 is 58.6 Å². The molecule has 190 valence electrons. The van der Waals surface area contributed by atoms with Gasteiger partial charge in [-0.25, -0.2) is 4.98 Å². The number of hydrogen-bond acceptors (Lipinski definition) is 5. The van der Waals surface area contributed by atoms with Gasteiger partial charge in [-0.2, -0.15) is 0 Å². The monoisotopic (exact) mass is 601 g/mol. The molecule has 38 heavy (non-hydrogen) atoms. The summed E-state index contributed by atoms with van der Waals surface area (Å²) in [5.41, 5.74) is 3.18. The lowest BCUT2D eigenvalue weighted by molar-refractivity contribution is -0.115.